The molecule has 180 valence electrons. The minimum absolute atomic E-state index is 0.195. The van der Waals surface area contributed by atoms with Crippen molar-refractivity contribution in [1.82, 2.24) is 4.98 Å². The van der Waals surface area contributed by atoms with E-state index in [1.54, 1.807) is 5.38 Å². The summed E-state index contributed by atoms with van der Waals surface area (Å²) in [7, 11) is -4.32. The van der Waals surface area contributed by atoms with E-state index in [1.165, 1.54) is 24.3 Å². The van der Waals surface area contributed by atoms with Crippen LogP contribution in [-0.4, -0.2) is 19.3 Å². The summed E-state index contributed by atoms with van der Waals surface area (Å²) in [5.74, 6) is -0.832. The van der Waals surface area contributed by atoms with Crippen LogP contribution in [0.5, 0.6) is 0 Å². The molecule has 35 heavy (non-hydrogen) atoms. The summed E-state index contributed by atoms with van der Waals surface area (Å²) < 4.78 is 67.6. The first-order chi connectivity index (χ1) is 16.5. The van der Waals surface area contributed by atoms with Crippen LogP contribution < -0.4 is 10.0 Å². The van der Waals surface area contributed by atoms with Gasteiger partial charge in [0.15, 0.2) is 5.13 Å². The number of nitrogens with zero attached hydrogens (tertiary/aromatic N) is 1. The minimum atomic E-state index is -4.75. The van der Waals surface area contributed by atoms with Gasteiger partial charge in [-0.15, -0.1) is 11.3 Å². The van der Waals surface area contributed by atoms with E-state index < -0.39 is 33.4 Å². The molecule has 3 aromatic carbocycles. The van der Waals surface area contributed by atoms with Gasteiger partial charge in [0.25, 0.3) is 15.9 Å². The van der Waals surface area contributed by atoms with Crippen molar-refractivity contribution in [2.45, 2.75) is 11.1 Å². The Balaban J connectivity index is 1.66. The lowest BCUT2D eigenvalue weighted by molar-refractivity contribution is -0.137. The molecule has 1 aromatic heterocycles. The maximum atomic E-state index is 13.3. The van der Waals surface area contributed by atoms with Gasteiger partial charge in [-0.2, -0.15) is 13.2 Å². The first kappa shape index (κ1) is 24.7. The molecule has 0 radical (unpaired) electrons. The number of anilines is 2. The fourth-order valence-corrected chi connectivity index (χ4v) is 4.97. The largest absolute Gasteiger partial charge is 0.416 e. The SMILES string of the molecule is O=C(Nc1nc(-c2ccccc2)cs1)c1ccc(C(F)(F)F)cc1NS(=O)(=O)c1ccc(Cl)cc1. The van der Waals surface area contributed by atoms with E-state index >= 15 is 0 Å². The number of rotatable bonds is 6. The Hall–Kier alpha value is -3.41. The number of amides is 1. The quantitative estimate of drug-likeness (QED) is 0.292. The second-order valence-corrected chi connectivity index (χ2v) is 10.2. The van der Waals surface area contributed by atoms with E-state index in [9.17, 15) is 26.4 Å². The highest BCUT2D eigenvalue weighted by molar-refractivity contribution is 7.92. The molecule has 2 N–H and O–H groups in total. The van der Waals surface area contributed by atoms with Crippen LogP contribution in [0.4, 0.5) is 24.0 Å². The van der Waals surface area contributed by atoms with Crippen molar-refractivity contribution in [2.24, 2.45) is 0 Å². The van der Waals surface area contributed by atoms with Gasteiger partial charge in [0.2, 0.25) is 0 Å². The zero-order valence-corrected chi connectivity index (χ0v) is 19.9. The van der Waals surface area contributed by atoms with Gasteiger partial charge in [-0.3, -0.25) is 14.8 Å². The zero-order chi connectivity index (χ0) is 25.2. The van der Waals surface area contributed by atoms with Crippen molar-refractivity contribution in [3.63, 3.8) is 0 Å². The summed E-state index contributed by atoms with van der Waals surface area (Å²) in [6, 6.07) is 16.4. The summed E-state index contributed by atoms with van der Waals surface area (Å²) in [5.41, 5.74) is -0.556. The van der Waals surface area contributed by atoms with Gasteiger partial charge >= 0.3 is 6.18 Å². The summed E-state index contributed by atoms with van der Waals surface area (Å²) in [6.45, 7) is 0. The van der Waals surface area contributed by atoms with Gasteiger partial charge in [-0.05, 0) is 42.5 Å². The van der Waals surface area contributed by atoms with Crippen LogP contribution in [0.1, 0.15) is 15.9 Å². The lowest BCUT2D eigenvalue weighted by Gasteiger charge is -2.15. The lowest BCUT2D eigenvalue weighted by Crippen LogP contribution is -2.20. The topological polar surface area (TPSA) is 88.2 Å². The standard InChI is InChI=1S/C23H15ClF3N3O3S2/c24-16-7-9-17(10-8-16)35(32,33)30-19-12-15(23(25,26)27)6-11-18(19)21(31)29-22-28-20(13-34-22)14-4-2-1-3-5-14/h1-13,30H,(H,28,29,31). The number of carbonyl (C=O) groups is 1. The third-order valence-corrected chi connectivity index (χ3v) is 7.15. The van der Waals surface area contributed by atoms with E-state index in [0.717, 1.165) is 23.0 Å². The minimum Gasteiger partial charge on any atom is -0.298 e. The zero-order valence-electron chi connectivity index (χ0n) is 17.5. The Morgan fingerprint density at radius 3 is 2.31 bits per heavy atom. The number of halogens is 4. The van der Waals surface area contributed by atoms with Crippen LogP contribution in [0, 0.1) is 0 Å². The number of thiazole rings is 1. The fraction of sp³-hybridized carbons (Fsp3) is 0.0435. The van der Waals surface area contributed by atoms with Gasteiger partial charge in [-0.1, -0.05) is 41.9 Å². The predicted octanol–water partition coefficient (Wildman–Crippen LogP) is 6.54. The smallest absolute Gasteiger partial charge is 0.298 e. The molecular weight excluding hydrogens is 523 g/mol. The Morgan fingerprint density at radius 1 is 0.971 bits per heavy atom. The molecule has 4 aromatic rings. The molecule has 0 fully saturated rings. The highest BCUT2D eigenvalue weighted by Gasteiger charge is 2.32. The maximum absolute atomic E-state index is 13.3. The molecule has 0 saturated heterocycles. The van der Waals surface area contributed by atoms with Crippen molar-refractivity contribution in [1.29, 1.82) is 0 Å². The van der Waals surface area contributed by atoms with Crippen molar-refractivity contribution >= 4 is 49.7 Å². The Kier molecular flexibility index (Phi) is 6.84. The van der Waals surface area contributed by atoms with Crippen LogP contribution >= 0.6 is 22.9 Å². The van der Waals surface area contributed by atoms with Gasteiger partial charge in [0, 0.05) is 16.0 Å². The van der Waals surface area contributed by atoms with Gasteiger partial charge in [0.1, 0.15) is 0 Å². The molecule has 1 amide bonds. The molecule has 0 atom stereocenters. The van der Waals surface area contributed by atoms with Crippen LogP contribution in [0.25, 0.3) is 11.3 Å². The van der Waals surface area contributed by atoms with E-state index in [-0.39, 0.29) is 20.6 Å². The average molecular weight is 538 g/mol. The van der Waals surface area contributed by atoms with Crippen molar-refractivity contribution in [3.8, 4) is 11.3 Å². The van der Waals surface area contributed by atoms with Crippen molar-refractivity contribution in [3.05, 3.63) is 94.3 Å². The number of carbonyl (C=O) groups excluding carboxylic acids is 1. The van der Waals surface area contributed by atoms with Crippen LogP contribution in [0.15, 0.2) is 83.1 Å². The number of aromatic nitrogens is 1. The predicted molar refractivity (Wildman–Crippen MR) is 129 cm³/mol. The van der Waals surface area contributed by atoms with Gasteiger partial charge in [0.05, 0.1) is 27.4 Å². The Bertz CT molecular complexity index is 1470. The van der Waals surface area contributed by atoms with Crippen molar-refractivity contribution in [2.75, 3.05) is 10.0 Å². The number of hydrogen-bond acceptors (Lipinski definition) is 5. The number of sulfonamides is 1. The van der Waals surface area contributed by atoms with E-state index in [1.807, 2.05) is 30.3 Å². The van der Waals surface area contributed by atoms with E-state index in [4.69, 9.17) is 11.6 Å². The van der Waals surface area contributed by atoms with Gasteiger partial charge in [-0.25, -0.2) is 13.4 Å². The molecule has 0 aliphatic carbocycles. The van der Waals surface area contributed by atoms with E-state index in [0.29, 0.717) is 17.8 Å². The fourth-order valence-electron chi connectivity index (χ4n) is 3.06. The number of hydrogen-bond donors (Lipinski definition) is 2. The van der Waals surface area contributed by atoms with Crippen molar-refractivity contribution < 1.29 is 26.4 Å². The van der Waals surface area contributed by atoms with Crippen LogP contribution in [0.3, 0.4) is 0 Å². The highest BCUT2D eigenvalue weighted by atomic mass is 35.5. The summed E-state index contributed by atoms with van der Waals surface area (Å²) >= 11 is 6.90. The Morgan fingerprint density at radius 2 is 1.66 bits per heavy atom. The molecule has 1 heterocycles. The molecule has 0 unspecified atom stereocenters. The third-order valence-electron chi connectivity index (χ3n) is 4.75. The van der Waals surface area contributed by atoms with Gasteiger partial charge < -0.3 is 0 Å². The molecule has 0 saturated carbocycles. The second-order valence-electron chi connectivity index (χ2n) is 7.18. The van der Waals surface area contributed by atoms with Crippen LogP contribution in [0.2, 0.25) is 5.02 Å². The molecule has 4 rings (SSSR count). The number of benzene rings is 3. The molecule has 0 spiro atoms. The second kappa shape index (κ2) is 9.68. The molecule has 6 nitrogen and oxygen atoms in total. The highest BCUT2D eigenvalue weighted by Crippen LogP contribution is 2.34. The first-order valence-electron chi connectivity index (χ1n) is 9.85. The van der Waals surface area contributed by atoms with Crippen LogP contribution in [-0.2, 0) is 16.2 Å². The Labute approximate surface area is 207 Å². The lowest BCUT2D eigenvalue weighted by atomic mass is 10.1. The summed E-state index contributed by atoms with van der Waals surface area (Å²) in [6.07, 6.45) is -4.75. The third kappa shape index (κ3) is 5.81. The molecule has 0 aliphatic heterocycles. The summed E-state index contributed by atoms with van der Waals surface area (Å²) in [4.78, 5) is 17.0. The molecule has 0 bridgehead atoms. The monoisotopic (exact) mass is 537 g/mol. The average Bonchev–Trinajstić information content (AvgIpc) is 3.27. The first-order valence-corrected chi connectivity index (χ1v) is 12.6. The van der Waals surface area contributed by atoms with E-state index in [2.05, 4.69) is 15.0 Å². The number of nitrogens with one attached hydrogen (secondary N) is 2. The molecule has 12 heteroatoms. The molecular formula is C23H15ClF3N3O3S2. The summed E-state index contributed by atoms with van der Waals surface area (Å²) in [5, 5.41) is 4.70. The number of alkyl halides is 3. The molecule has 0 aliphatic rings. The normalized spacial score (nSPS) is 11.8. The maximum Gasteiger partial charge on any atom is 0.416 e.